The number of rotatable bonds is 6. The molecule has 10 heteroatoms. The molecule has 3 aromatic carbocycles. The molecule has 3 aromatic rings. The summed E-state index contributed by atoms with van der Waals surface area (Å²) < 4.78 is 0. The Hall–Kier alpha value is -4.37. The molecule has 0 bridgehead atoms. The molecule has 0 N–H and O–H groups in total. The molecular formula is C25H18ClN3O6. The van der Waals surface area contributed by atoms with Crippen molar-refractivity contribution < 1.29 is 24.1 Å². The van der Waals surface area contributed by atoms with Crippen LogP contribution in [0.2, 0.25) is 5.02 Å². The lowest BCUT2D eigenvalue weighted by molar-refractivity contribution is -0.385. The summed E-state index contributed by atoms with van der Waals surface area (Å²) >= 11 is 5.92. The summed E-state index contributed by atoms with van der Waals surface area (Å²) in [4.78, 5) is 64.3. The van der Waals surface area contributed by atoms with Gasteiger partial charge in [-0.2, -0.15) is 5.01 Å². The van der Waals surface area contributed by atoms with E-state index >= 15 is 0 Å². The fourth-order valence-corrected chi connectivity index (χ4v) is 3.96. The number of Topliss-reactive ketones (excluding diaryl/α,β-unsaturated/α-hetero) is 1. The number of hydrogen-bond acceptors (Lipinski definition) is 6. The third-order valence-electron chi connectivity index (χ3n) is 5.67. The van der Waals surface area contributed by atoms with Gasteiger partial charge in [0.2, 0.25) is 0 Å². The Bertz CT molecular complexity index is 1390. The van der Waals surface area contributed by atoms with Crippen molar-refractivity contribution in [3.8, 4) is 0 Å². The zero-order chi connectivity index (χ0) is 25.4. The Labute approximate surface area is 204 Å². The van der Waals surface area contributed by atoms with Gasteiger partial charge in [-0.3, -0.25) is 29.3 Å². The van der Waals surface area contributed by atoms with Gasteiger partial charge in [-0.05, 0) is 44.2 Å². The number of hydrazine groups is 1. The number of nitro groups is 1. The van der Waals surface area contributed by atoms with Gasteiger partial charge >= 0.3 is 0 Å². The number of amides is 3. The van der Waals surface area contributed by atoms with E-state index in [9.17, 15) is 29.3 Å². The Kier molecular flexibility index (Phi) is 6.19. The Morgan fingerprint density at radius 3 is 2.14 bits per heavy atom. The van der Waals surface area contributed by atoms with Gasteiger partial charge < -0.3 is 0 Å². The van der Waals surface area contributed by atoms with Crippen LogP contribution in [0.1, 0.15) is 53.9 Å². The first kappa shape index (κ1) is 23.8. The molecule has 35 heavy (non-hydrogen) atoms. The van der Waals surface area contributed by atoms with Crippen molar-refractivity contribution in [2.24, 2.45) is 0 Å². The van der Waals surface area contributed by atoms with Crippen LogP contribution in [-0.2, 0) is 0 Å². The average Bonchev–Trinajstić information content (AvgIpc) is 3.09. The molecule has 1 atom stereocenters. The van der Waals surface area contributed by atoms with Crippen molar-refractivity contribution in [3.63, 3.8) is 0 Å². The predicted molar refractivity (Wildman–Crippen MR) is 126 cm³/mol. The zero-order valence-electron chi connectivity index (χ0n) is 18.6. The Morgan fingerprint density at radius 1 is 0.943 bits per heavy atom. The number of nitrogens with zero attached hydrogens (tertiary/aromatic N) is 3. The van der Waals surface area contributed by atoms with E-state index in [-0.39, 0.29) is 16.7 Å². The molecule has 1 aliphatic heterocycles. The van der Waals surface area contributed by atoms with E-state index in [1.54, 1.807) is 24.3 Å². The zero-order valence-corrected chi connectivity index (χ0v) is 19.4. The number of hydrogen-bond donors (Lipinski definition) is 0. The van der Waals surface area contributed by atoms with Crippen LogP contribution in [0.5, 0.6) is 0 Å². The molecule has 0 radical (unpaired) electrons. The second-order valence-corrected chi connectivity index (χ2v) is 8.38. The second kappa shape index (κ2) is 9.11. The van der Waals surface area contributed by atoms with Crippen molar-refractivity contribution >= 4 is 40.8 Å². The molecule has 0 fully saturated rings. The second-order valence-electron chi connectivity index (χ2n) is 7.94. The summed E-state index contributed by atoms with van der Waals surface area (Å²) in [5.41, 5.74) is -0.00111. The SMILES string of the molecule is Cc1ccc(C(=O)[C@H](C)N(C(=O)c2ccc(Cl)cc2)N2C(=O)c3cccc([N+](=O)[O-])c3C2=O)cc1. The highest BCUT2D eigenvalue weighted by atomic mass is 35.5. The van der Waals surface area contributed by atoms with Crippen LogP contribution in [0.3, 0.4) is 0 Å². The number of carbonyl (C=O) groups is 4. The van der Waals surface area contributed by atoms with Crippen LogP contribution >= 0.6 is 11.6 Å². The highest BCUT2D eigenvalue weighted by Gasteiger charge is 2.48. The molecular weight excluding hydrogens is 474 g/mol. The van der Waals surface area contributed by atoms with Crippen LogP contribution in [0.25, 0.3) is 0 Å². The first-order chi connectivity index (χ1) is 16.6. The number of aryl methyl sites for hydroxylation is 1. The Morgan fingerprint density at radius 2 is 1.54 bits per heavy atom. The average molecular weight is 492 g/mol. The van der Waals surface area contributed by atoms with E-state index in [1.807, 2.05) is 6.92 Å². The van der Waals surface area contributed by atoms with Crippen molar-refractivity contribution in [2.75, 3.05) is 0 Å². The third kappa shape index (κ3) is 4.17. The maximum Gasteiger partial charge on any atom is 0.287 e. The maximum absolute atomic E-state index is 13.6. The first-order valence-electron chi connectivity index (χ1n) is 10.5. The quantitative estimate of drug-likeness (QED) is 0.217. The number of ketones is 1. The molecule has 0 saturated carbocycles. The minimum absolute atomic E-state index is 0.0593. The largest absolute Gasteiger partial charge is 0.292 e. The topological polar surface area (TPSA) is 118 Å². The number of imide groups is 1. The number of halogens is 1. The summed E-state index contributed by atoms with van der Waals surface area (Å²) in [5, 5.41) is 13.1. The third-order valence-corrected chi connectivity index (χ3v) is 5.92. The molecule has 3 amide bonds. The number of benzene rings is 3. The van der Waals surface area contributed by atoms with Crippen LogP contribution in [0, 0.1) is 17.0 Å². The van der Waals surface area contributed by atoms with E-state index in [0.29, 0.717) is 10.0 Å². The van der Waals surface area contributed by atoms with Crippen molar-refractivity contribution in [1.82, 2.24) is 10.0 Å². The van der Waals surface area contributed by atoms with Gasteiger partial charge in [-0.25, -0.2) is 5.01 Å². The summed E-state index contributed by atoms with van der Waals surface area (Å²) in [6, 6.07) is 14.6. The molecule has 176 valence electrons. The predicted octanol–water partition coefficient (Wildman–Crippen LogP) is 4.48. The molecule has 0 unspecified atom stereocenters. The fraction of sp³-hybridized carbons (Fsp3) is 0.120. The van der Waals surface area contributed by atoms with Crippen molar-refractivity contribution in [3.05, 3.63) is 110 Å². The molecule has 4 rings (SSSR count). The first-order valence-corrected chi connectivity index (χ1v) is 10.9. The van der Waals surface area contributed by atoms with Gasteiger partial charge in [0.25, 0.3) is 23.4 Å². The molecule has 1 aliphatic rings. The normalized spacial score (nSPS) is 13.4. The van der Waals surface area contributed by atoms with Crippen LogP contribution in [0.4, 0.5) is 5.69 Å². The summed E-state index contributed by atoms with van der Waals surface area (Å²) in [5.74, 6) is -3.37. The number of carbonyl (C=O) groups excluding carboxylic acids is 4. The highest BCUT2D eigenvalue weighted by Crippen LogP contribution is 2.33. The van der Waals surface area contributed by atoms with Gasteiger partial charge in [0.05, 0.1) is 10.5 Å². The smallest absolute Gasteiger partial charge is 0.287 e. The van der Waals surface area contributed by atoms with Gasteiger partial charge in [0, 0.05) is 22.2 Å². The number of fused-ring (bicyclic) bond motifs is 1. The van der Waals surface area contributed by atoms with Gasteiger partial charge in [-0.1, -0.05) is 47.5 Å². The summed E-state index contributed by atoms with van der Waals surface area (Å²) in [6.07, 6.45) is 0. The lowest BCUT2D eigenvalue weighted by Gasteiger charge is -2.34. The van der Waals surface area contributed by atoms with E-state index in [1.165, 1.54) is 43.3 Å². The lowest BCUT2D eigenvalue weighted by atomic mass is 10.0. The minimum atomic E-state index is -1.30. The van der Waals surface area contributed by atoms with E-state index in [2.05, 4.69) is 0 Å². The fourth-order valence-electron chi connectivity index (χ4n) is 3.84. The maximum atomic E-state index is 13.6. The molecule has 0 aromatic heterocycles. The Balaban J connectivity index is 1.83. The summed E-state index contributed by atoms with van der Waals surface area (Å²) in [7, 11) is 0. The monoisotopic (exact) mass is 491 g/mol. The van der Waals surface area contributed by atoms with E-state index < -0.39 is 45.7 Å². The van der Waals surface area contributed by atoms with Gasteiger partial charge in [0.1, 0.15) is 11.6 Å². The molecule has 1 heterocycles. The van der Waals surface area contributed by atoms with Crippen molar-refractivity contribution in [1.29, 1.82) is 0 Å². The van der Waals surface area contributed by atoms with Gasteiger partial charge in [0.15, 0.2) is 5.78 Å². The van der Waals surface area contributed by atoms with Crippen LogP contribution in [0.15, 0.2) is 66.7 Å². The molecule has 0 spiro atoms. The molecule has 0 saturated heterocycles. The lowest BCUT2D eigenvalue weighted by Crippen LogP contribution is -2.56. The van der Waals surface area contributed by atoms with E-state index in [4.69, 9.17) is 11.6 Å². The standard InChI is InChI=1S/C25H18ClN3O6/c1-14-6-8-16(9-7-14)22(30)15(2)27(23(31)17-10-12-18(26)13-11-17)28-24(32)19-4-3-5-20(29(34)35)21(19)25(28)33/h3-13,15H,1-2H3/t15-/m0/s1. The molecule has 0 aliphatic carbocycles. The van der Waals surface area contributed by atoms with E-state index in [0.717, 1.165) is 16.6 Å². The summed E-state index contributed by atoms with van der Waals surface area (Å²) in [6.45, 7) is 3.23. The molecule has 9 nitrogen and oxygen atoms in total. The van der Waals surface area contributed by atoms with Crippen LogP contribution < -0.4 is 0 Å². The minimum Gasteiger partial charge on any atom is -0.292 e. The van der Waals surface area contributed by atoms with Gasteiger partial charge in [-0.15, -0.1) is 0 Å². The highest BCUT2D eigenvalue weighted by molar-refractivity contribution is 6.30. The number of nitro benzene ring substituents is 1. The van der Waals surface area contributed by atoms with Crippen molar-refractivity contribution in [2.45, 2.75) is 19.9 Å². The van der Waals surface area contributed by atoms with Crippen LogP contribution in [-0.4, -0.2) is 44.5 Å².